The third kappa shape index (κ3) is 6.52. The van der Waals surface area contributed by atoms with E-state index in [1.165, 1.54) is 12.1 Å². The maximum absolute atomic E-state index is 13.1. The van der Waals surface area contributed by atoms with Gasteiger partial charge in [-0.15, -0.1) is 10.2 Å². The highest BCUT2D eigenvalue weighted by Gasteiger charge is 2.20. The van der Waals surface area contributed by atoms with Gasteiger partial charge < -0.3 is 15.2 Å². The summed E-state index contributed by atoms with van der Waals surface area (Å²) in [6.07, 6.45) is 4.36. The summed E-state index contributed by atoms with van der Waals surface area (Å²) in [5.74, 6) is 2.42. The molecule has 8 heteroatoms. The predicted molar refractivity (Wildman–Crippen MR) is 118 cm³/mol. The molecule has 1 aliphatic rings. The van der Waals surface area contributed by atoms with Crippen molar-refractivity contribution in [1.29, 1.82) is 0 Å². The fourth-order valence-electron chi connectivity index (χ4n) is 3.55. The van der Waals surface area contributed by atoms with E-state index < -0.39 is 0 Å². The number of nitrogens with one attached hydrogen (secondary N) is 2. The molecule has 0 amide bonds. The Bertz CT molecular complexity index is 807. The van der Waals surface area contributed by atoms with Crippen LogP contribution in [0, 0.1) is 12.7 Å². The van der Waals surface area contributed by atoms with E-state index in [2.05, 4.69) is 32.7 Å². The van der Waals surface area contributed by atoms with Crippen LogP contribution in [0.3, 0.4) is 0 Å². The van der Waals surface area contributed by atoms with Crippen molar-refractivity contribution < 1.29 is 4.39 Å². The maximum Gasteiger partial charge on any atom is 0.191 e. The van der Waals surface area contributed by atoms with Gasteiger partial charge >= 0.3 is 0 Å². The first-order valence-corrected chi connectivity index (χ1v) is 10.9. The van der Waals surface area contributed by atoms with Crippen LogP contribution >= 0.6 is 0 Å². The van der Waals surface area contributed by atoms with E-state index in [0.29, 0.717) is 12.6 Å². The summed E-state index contributed by atoms with van der Waals surface area (Å²) >= 11 is 0. The summed E-state index contributed by atoms with van der Waals surface area (Å²) in [6, 6.07) is 7.20. The van der Waals surface area contributed by atoms with Crippen molar-refractivity contribution in [1.82, 2.24) is 30.3 Å². The number of rotatable bonds is 8. The van der Waals surface area contributed by atoms with Crippen LogP contribution in [-0.4, -0.2) is 51.3 Å². The molecule has 3 rings (SSSR count). The van der Waals surface area contributed by atoms with Gasteiger partial charge in [-0.1, -0.05) is 25.5 Å². The summed E-state index contributed by atoms with van der Waals surface area (Å²) in [7, 11) is 1.97. The van der Waals surface area contributed by atoms with Gasteiger partial charge in [-0.3, -0.25) is 4.90 Å². The molecular weight excluding hydrogens is 381 g/mol. The van der Waals surface area contributed by atoms with Crippen molar-refractivity contribution in [2.75, 3.05) is 19.6 Å². The minimum absolute atomic E-state index is 0.180. The molecule has 7 nitrogen and oxygen atoms in total. The second-order valence-electron chi connectivity index (χ2n) is 7.99. The summed E-state index contributed by atoms with van der Waals surface area (Å²) in [5.41, 5.74) is 1.16. The SMILES string of the molecule is CCCCNC(=NCc1nnc(C)n1C)NC1CCN(Cc2ccc(F)cc2)CC1. The summed E-state index contributed by atoms with van der Waals surface area (Å²) in [6.45, 7) is 8.43. The van der Waals surface area contributed by atoms with Gasteiger partial charge in [0.15, 0.2) is 11.8 Å². The Labute approximate surface area is 178 Å². The van der Waals surface area contributed by atoms with Crippen LogP contribution in [0.5, 0.6) is 0 Å². The molecule has 1 aromatic carbocycles. The summed E-state index contributed by atoms with van der Waals surface area (Å²) in [4.78, 5) is 7.18. The van der Waals surface area contributed by atoms with Gasteiger partial charge in [0.2, 0.25) is 0 Å². The number of piperidine rings is 1. The van der Waals surface area contributed by atoms with Crippen molar-refractivity contribution in [3.63, 3.8) is 0 Å². The van der Waals surface area contributed by atoms with Crippen LogP contribution in [0.1, 0.15) is 49.8 Å². The molecule has 2 aromatic rings. The zero-order valence-corrected chi connectivity index (χ0v) is 18.4. The number of benzene rings is 1. The molecule has 0 spiro atoms. The number of likely N-dealkylation sites (tertiary alicyclic amines) is 1. The average Bonchev–Trinajstić information content (AvgIpc) is 3.07. The van der Waals surface area contributed by atoms with E-state index >= 15 is 0 Å². The lowest BCUT2D eigenvalue weighted by molar-refractivity contribution is 0.198. The van der Waals surface area contributed by atoms with Gasteiger partial charge in [0.05, 0.1) is 0 Å². The summed E-state index contributed by atoms with van der Waals surface area (Å²) < 4.78 is 15.1. The van der Waals surface area contributed by atoms with E-state index in [9.17, 15) is 4.39 Å². The van der Waals surface area contributed by atoms with Crippen LogP contribution in [-0.2, 0) is 20.1 Å². The topological polar surface area (TPSA) is 70.4 Å². The van der Waals surface area contributed by atoms with Gasteiger partial charge in [-0.05, 0) is 43.9 Å². The minimum Gasteiger partial charge on any atom is -0.356 e. The molecule has 1 aromatic heterocycles. The second kappa shape index (κ2) is 11.1. The Morgan fingerprint density at radius 1 is 1.20 bits per heavy atom. The molecule has 0 radical (unpaired) electrons. The second-order valence-corrected chi connectivity index (χ2v) is 7.99. The first kappa shape index (κ1) is 22.2. The Balaban J connectivity index is 1.52. The lowest BCUT2D eigenvalue weighted by atomic mass is 10.0. The molecule has 164 valence electrons. The van der Waals surface area contributed by atoms with E-state index in [1.54, 1.807) is 0 Å². The van der Waals surface area contributed by atoms with Crippen molar-refractivity contribution >= 4 is 5.96 Å². The number of aliphatic imine (C=N–C) groups is 1. The number of nitrogens with zero attached hydrogens (tertiary/aromatic N) is 5. The molecule has 0 saturated carbocycles. The van der Waals surface area contributed by atoms with Crippen molar-refractivity contribution in [3.05, 3.63) is 47.3 Å². The predicted octanol–water partition coefficient (Wildman–Crippen LogP) is 2.76. The number of guanidine groups is 1. The van der Waals surface area contributed by atoms with Crippen molar-refractivity contribution in [3.8, 4) is 0 Å². The molecule has 0 unspecified atom stereocenters. The van der Waals surface area contributed by atoms with Crippen LogP contribution in [0.4, 0.5) is 4.39 Å². The number of aryl methyl sites for hydroxylation is 1. The number of aromatic nitrogens is 3. The maximum atomic E-state index is 13.1. The van der Waals surface area contributed by atoms with Gasteiger partial charge in [0.1, 0.15) is 18.2 Å². The molecule has 2 heterocycles. The van der Waals surface area contributed by atoms with Crippen molar-refractivity contribution in [2.24, 2.45) is 12.0 Å². The van der Waals surface area contributed by atoms with Gasteiger partial charge in [0, 0.05) is 39.3 Å². The first-order valence-electron chi connectivity index (χ1n) is 10.9. The quantitative estimate of drug-likeness (QED) is 0.394. The van der Waals surface area contributed by atoms with E-state index in [-0.39, 0.29) is 5.82 Å². The standard InChI is InChI=1S/C22H34FN7/c1-4-5-12-24-22(25-15-21-28-27-17(2)29(21)3)26-20-10-13-30(14-11-20)16-18-6-8-19(23)9-7-18/h6-9,20H,4-5,10-16H2,1-3H3,(H2,24,25,26). The number of hydrogen-bond donors (Lipinski definition) is 2. The highest BCUT2D eigenvalue weighted by molar-refractivity contribution is 5.80. The van der Waals surface area contributed by atoms with Crippen LogP contribution in [0.15, 0.2) is 29.3 Å². The van der Waals surface area contributed by atoms with E-state index in [4.69, 9.17) is 4.99 Å². The third-order valence-corrected chi connectivity index (χ3v) is 5.63. The Morgan fingerprint density at radius 2 is 1.93 bits per heavy atom. The smallest absolute Gasteiger partial charge is 0.191 e. The van der Waals surface area contributed by atoms with E-state index in [1.807, 2.05) is 30.7 Å². The summed E-state index contributed by atoms with van der Waals surface area (Å²) in [5, 5.41) is 15.4. The fourth-order valence-corrected chi connectivity index (χ4v) is 3.55. The lowest BCUT2D eigenvalue weighted by Gasteiger charge is -2.33. The lowest BCUT2D eigenvalue weighted by Crippen LogP contribution is -2.48. The van der Waals surface area contributed by atoms with Gasteiger partial charge in [-0.25, -0.2) is 9.38 Å². The largest absolute Gasteiger partial charge is 0.356 e. The third-order valence-electron chi connectivity index (χ3n) is 5.63. The molecule has 30 heavy (non-hydrogen) atoms. The highest BCUT2D eigenvalue weighted by Crippen LogP contribution is 2.14. The number of halogens is 1. The first-order chi connectivity index (χ1) is 14.5. The molecule has 1 aliphatic heterocycles. The molecule has 0 atom stereocenters. The fraction of sp³-hybridized carbons (Fsp3) is 0.591. The zero-order valence-electron chi connectivity index (χ0n) is 18.4. The zero-order chi connectivity index (χ0) is 21.3. The Morgan fingerprint density at radius 3 is 2.57 bits per heavy atom. The number of unbranched alkanes of at least 4 members (excludes halogenated alkanes) is 1. The van der Waals surface area contributed by atoms with Gasteiger partial charge in [0.25, 0.3) is 0 Å². The molecule has 1 fully saturated rings. The monoisotopic (exact) mass is 415 g/mol. The van der Waals surface area contributed by atoms with Crippen molar-refractivity contribution in [2.45, 2.75) is 58.7 Å². The Kier molecular flexibility index (Phi) is 8.19. The highest BCUT2D eigenvalue weighted by atomic mass is 19.1. The van der Waals surface area contributed by atoms with Crippen LogP contribution < -0.4 is 10.6 Å². The molecule has 0 aliphatic carbocycles. The molecule has 0 bridgehead atoms. The molecule has 2 N–H and O–H groups in total. The van der Waals surface area contributed by atoms with Crippen LogP contribution in [0.25, 0.3) is 0 Å². The Hall–Kier alpha value is -2.48. The molecular formula is C22H34FN7. The molecule has 1 saturated heterocycles. The average molecular weight is 416 g/mol. The van der Waals surface area contributed by atoms with Crippen LogP contribution in [0.2, 0.25) is 0 Å². The van der Waals surface area contributed by atoms with Gasteiger partial charge in [-0.2, -0.15) is 0 Å². The normalized spacial score (nSPS) is 16.1. The minimum atomic E-state index is -0.180. The number of hydrogen-bond acceptors (Lipinski definition) is 4. The van der Waals surface area contributed by atoms with E-state index in [0.717, 1.165) is 75.0 Å².